The quantitative estimate of drug-likeness (QED) is 0.806. The Morgan fingerprint density at radius 3 is 2.42 bits per heavy atom. The minimum Gasteiger partial charge on any atom is -0.388 e. The molecule has 2 rings (SSSR count). The van der Waals surface area contributed by atoms with Crippen molar-refractivity contribution in [3.63, 3.8) is 0 Å². The summed E-state index contributed by atoms with van der Waals surface area (Å²) in [6.07, 6.45) is 0.751. The third kappa shape index (κ3) is 2.81. The van der Waals surface area contributed by atoms with E-state index in [4.69, 9.17) is 5.73 Å². The average Bonchev–Trinajstić information content (AvgIpc) is 2.61. The zero-order valence-corrected chi connectivity index (χ0v) is 12.5. The average molecular weight is 264 g/mol. The highest BCUT2D eigenvalue weighted by atomic mass is 16.3. The van der Waals surface area contributed by atoms with Crippen molar-refractivity contribution in [2.75, 3.05) is 23.7 Å². The first kappa shape index (κ1) is 14.1. The predicted octanol–water partition coefficient (Wildman–Crippen LogP) is 1.63. The molecule has 1 aromatic heterocycles. The summed E-state index contributed by atoms with van der Waals surface area (Å²) in [7, 11) is 0. The fraction of sp³-hybridized carbons (Fsp3) is 0.714. The summed E-state index contributed by atoms with van der Waals surface area (Å²) in [5.74, 6) is 2.13. The molecule has 1 fully saturated rings. The van der Waals surface area contributed by atoms with Gasteiger partial charge in [0.1, 0.15) is 17.5 Å². The summed E-state index contributed by atoms with van der Waals surface area (Å²) in [6.45, 7) is 11.4. The molecule has 1 aromatic rings. The highest BCUT2D eigenvalue weighted by Crippen LogP contribution is 2.31. The fourth-order valence-corrected chi connectivity index (χ4v) is 2.29. The van der Waals surface area contributed by atoms with Crippen LogP contribution in [0.2, 0.25) is 0 Å². The first-order valence-electron chi connectivity index (χ1n) is 6.72. The molecule has 0 amide bonds. The van der Waals surface area contributed by atoms with E-state index in [0.29, 0.717) is 12.4 Å². The van der Waals surface area contributed by atoms with Crippen LogP contribution >= 0.6 is 0 Å². The molecule has 5 nitrogen and oxygen atoms in total. The Hall–Kier alpha value is -1.36. The Bertz CT molecular complexity index is 491. The first-order chi connectivity index (χ1) is 8.60. The number of nitrogens with zero attached hydrogens (tertiary/aromatic N) is 3. The number of β-amino-alcohol motifs (C(OH)–C–C–N with tert-alkyl or cyclic N) is 1. The van der Waals surface area contributed by atoms with Crippen molar-refractivity contribution in [2.24, 2.45) is 0 Å². The molecular weight excluding hydrogens is 240 g/mol. The molecule has 0 radical (unpaired) electrons. The molecule has 2 heterocycles. The van der Waals surface area contributed by atoms with Gasteiger partial charge in [0.05, 0.1) is 5.60 Å². The van der Waals surface area contributed by atoms with E-state index >= 15 is 0 Å². The van der Waals surface area contributed by atoms with Gasteiger partial charge in [-0.15, -0.1) is 0 Å². The van der Waals surface area contributed by atoms with Crippen LogP contribution in [-0.2, 0) is 5.41 Å². The molecule has 1 atom stereocenters. The Morgan fingerprint density at radius 2 is 1.95 bits per heavy atom. The summed E-state index contributed by atoms with van der Waals surface area (Å²) in [4.78, 5) is 11.2. The van der Waals surface area contributed by atoms with Gasteiger partial charge >= 0.3 is 0 Å². The molecular formula is C14H24N4O. The van der Waals surface area contributed by atoms with Crippen molar-refractivity contribution >= 4 is 11.6 Å². The van der Waals surface area contributed by atoms with E-state index in [-0.39, 0.29) is 5.41 Å². The number of anilines is 2. The van der Waals surface area contributed by atoms with Gasteiger partial charge in [0.2, 0.25) is 0 Å². The summed E-state index contributed by atoms with van der Waals surface area (Å²) >= 11 is 0. The lowest BCUT2D eigenvalue weighted by atomic mass is 9.95. The molecule has 0 saturated carbocycles. The number of nitrogen functional groups attached to an aromatic ring is 1. The molecule has 0 aromatic carbocycles. The van der Waals surface area contributed by atoms with E-state index in [1.54, 1.807) is 0 Å². The SMILES string of the molecule is Cc1c(N)nc(C(C)(C)C)nc1N1CCC(C)(O)C1. The number of aromatic nitrogens is 2. The van der Waals surface area contributed by atoms with Gasteiger partial charge in [0.25, 0.3) is 0 Å². The van der Waals surface area contributed by atoms with Crippen molar-refractivity contribution in [2.45, 2.75) is 52.1 Å². The second-order valence-corrected chi connectivity index (χ2v) is 6.80. The summed E-state index contributed by atoms with van der Waals surface area (Å²) in [5, 5.41) is 10.1. The molecule has 0 aliphatic carbocycles. The molecule has 1 aliphatic heterocycles. The maximum Gasteiger partial charge on any atom is 0.138 e. The number of hydrogen-bond acceptors (Lipinski definition) is 5. The lowest BCUT2D eigenvalue weighted by Gasteiger charge is -2.25. The van der Waals surface area contributed by atoms with Crippen molar-refractivity contribution in [3.8, 4) is 0 Å². The van der Waals surface area contributed by atoms with Gasteiger partial charge in [-0.3, -0.25) is 0 Å². The Morgan fingerprint density at radius 1 is 1.32 bits per heavy atom. The zero-order valence-electron chi connectivity index (χ0n) is 12.5. The predicted molar refractivity (Wildman–Crippen MR) is 77.3 cm³/mol. The van der Waals surface area contributed by atoms with Crippen LogP contribution < -0.4 is 10.6 Å². The van der Waals surface area contributed by atoms with E-state index < -0.39 is 5.60 Å². The van der Waals surface area contributed by atoms with Crippen molar-refractivity contribution in [3.05, 3.63) is 11.4 Å². The highest BCUT2D eigenvalue weighted by molar-refractivity contribution is 5.57. The van der Waals surface area contributed by atoms with E-state index in [9.17, 15) is 5.11 Å². The smallest absolute Gasteiger partial charge is 0.138 e. The Labute approximate surface area is 114 Å². The molecule has 1 unspecified atom stereocenters. The van der Waals surface area contributed by atoms with Gasteiger partial charge in [0.15, 0.2) is 0 Å². The zero-order chi connectivity index (χ0) is 14.4. The molecule has 19 heavy (non-hydrogen) atoms. The van der Waals surface area contributed by atoms with Crippen LogP contribution in [0, 0.1) is 6.92 Å². The summed E-state index contributed by atoms with van der Waals surface area (Å²) in [6, 6.07) is 0. The van der Waals surface area contributed by atoms with Crippen LogP contribution in [0.5, 0.6) is 0 Å². The number of rotatable bonds is 1. The van der Waals surface area contributed by atoms with Crippen LogP contribution in [0.3, 0.4) is 0 Å². The van der Waals surface area contributed by atoms with Crippen LogP contribution in [0.25, 0.3) is 0 Å². The summed E-state index contributed by atoms with van der Waals surface area (Å²) in [5.41, 5.74) is 6.12. The third-order valence-electron chi connectivity index (χ3n) is 3.58. The lowest BCUT2D eigenvalue weighted by Crippen LogP contribution is -2.31. The molecule has 1 aliphatic rings. The van der Waals surface area contributed by atoms with Crippen molar-refractivity contribution in [1.82, 2.24) is 9.97 Å². The van der Waals surface area contributed by atoms with E-state index in [0.717, 1.165) is 30.2 Å². The number of hydrogen-bond donors (Lipinski definition) is 2. The largest absolute Gasteiger partial charge is 0.388 e. The molecule has 5 heteroatoms. The van der Waals surface area contributed by atoms with Gasteiger partial charge in [0, 0.05) is 24.1 Å². The van der Waals surface area contributed by atoms with Crippen molar-refractivity contribution in [1.29, 1.82) is 0 Å². The molecule has 3 N–H and O–H groups in total. The monoisotopic (exact) mass is 264 g/mol. The highest BCUT2D eigenvalue weighted by Gasteiger charge is 2.33. The maximum absolute atomic E-state index is 10.1. The van der Waals surface area contributed by atoms with Gasteiger partial charge in [-0.05, 0) is 20.3 Å². The van der Waals surface area contributed by atoms with Gasteiger partial charge in [-0.2, -0.15) is 0 Å². The van der Waals surface area contributed by atoms with Gasteiger partial charge < -0.3 is 15.7 Å². The Kier molecular flexibility index (Phi) is 3.21. The topological polar surface area (TPSA) is 75.3 Å². The first-order valence-corrected chi connectivity index (χ1v) is 6.72. The normalized spacial score (nSPS) is 24.0. The fourth-order valence-electron chi connectivity index (χ4n) is 2.29. The van der Waals surface area contributed by atoms with Crippen LogP contribution in [0.1, 0.15) is 45.5 Å². The molecule has 0 spiro atoms. The van der Waals surface area contributed by atoms with Gasteiger partial charge in [-0.1, -0.05) is 20.8 Å². The van der Waals surface area contributed by atoms with Crippen LogP contribution in [-0.4, -0.2) is 33.8 Å². The maximum atomic E-state index is 10.1. The minimum absolute atomic E-state index is 0.140. The number of nitrogens with two attached hydrogens (primary N) is 1. The third-order valence-corrected chi connectivity index (χ3v) is 3.58. The van der Waals surface area contributed by atoms with E-state index in [1.807, 2.05) is 13.8 Å². The minimum atomic E-state index is -0.645. The van der Waals surface area contributed by atoms with E-state index in [2.05, 4.69) is 35.6 Å². The van der Waals surface area contributed by atoms with E-state index in [1.165, 1.54) is 0 Å². The second-order valence-electron chi connectivity index (χ2n) is 6.80. The molecule has 106 valence electrons. The Balaban J connectivity index is 2.43. The molecule has 1 saturated heterocycles. The lowest BCUT2D eigenvalue weighted by molar-refractivity contribution is 0.0839. The second kappa shape index (κ2) is 4.34. The standard InChI is InChI=1S/C14H24N4O/c1-9-10(15)16-12(13(2,3)4)17-11(9)18-7-6-14(5,19)8-18/h19H,6-8H2,1-5H3,(H2,15,16,17). The van der Waals surface area contributed by atoms with Crippen LogP contribution in [0.4, 0.5) is 11.6 Å². The van der Waals surface area contributed by atoms with Crippen molar-refractivity contribution < 1.29 is 5.11 Å². The van der Waals surface area contributed by atoms with Gasteiger partial charge in [-0.25, -0.2) is 9.97 Å². The molecule has 0 bridgehead atoms. The number of aliphatic hydroxyl groups is 1. The summed E-state index contributed by atoms with van der Waals surface area (Å²) < 4.78 is 0. The van der Waals surface area contributed by atoms with Crippen LogP contribution in [0.15, 0.2) is 0 Å².